The van der Waals surface area contributed by atoms with Gasteiger partial charge in [-0.3, -0.25) is 0 Å². The van der Waals surface area contributed by atoms with Crippen LogP contribution in [0, 0.1) is 0 Å². The third-order valence-corrected chi connectivity index (χ3v) is 6.39. The van der Waals surface area contributed by atoms with E-state index >= 15 is 0 Å². The number of methoxy groups -OCH3 is 1. The van der Waals surface area contributed by atoms with Gasteiger partial charge in [0, 0.05) is 25.1 Å². The van der Waals surface area contributed by atoms with Crippen LogP contribution in [0.4, 0.5) is 0 Å². The smallest absolute Gasteiger partial charge is 0.359 e. The van der Waals surface area contributed by atoms with Crippen molar-refractivity contribution in [1.29, 1.82) is 0 Å². The van der Waals surface area contributed by atoms with Gasteiger partial charge in [-0.15, -0.1) is 0 Å². The maximum absolute atomic E-state index is 12.4. The summed E-state index contributed by atoms with van der Waals surface area (Å²) < 4.78 is 38.0. The lowest BCUT2D eigenvalue weighted by atomic mass is 10.1. The van der Waals surface area contributed by atoms with Crippen LogP contribution in [0.25, 0.3) is 5.69 Å². The van der Waals surface area contributed by atoms with E-state index in [-0.39, 0.29) is 24.6 Å². The number of esters is 1. The molecule has 2 heterocycles. The minimum atomic E-state index is -3.36. The second-order valence-electron chi connectivity index (χ2n) is 6.09. The van der Waals surface area contributed by atoms with Crippen molar-refractivity contribution in [2.24, 2.45) is 0 Å². The second-order valence-corrected chi connectivity index (χ2v) is 8.35. The highest BCUT2D eigenvalue weighted by Crippen LogP contribution is 2.28. The molecule has 0 atom stereocenters. The molecule has 0 amide bonds. The molecule has 0 aliphatic carbocycles. The summed E-state index contributed by atoms with van der Waals surface area (Å²) in [4.78, 5) is 12.4. The zero-order valence-electron chi connectivity index (χ0n) is 15.6. The molecule has 1 aromatic heterocycles. The van der Waals surface area contributed by atoms with Crippen LogP contribution in [-0.4, -0.2) is 54.5 Å². The first-order valence-corrected chi connectivity index (χ1v) is 10.4. The lowest BCUT2D eigenvalue weighted by Gasteiger charge is -2.26. The van der Waals surface area contributed by atoms with E-state index in [0.717, 1.165) is 11.4 Å². The van der Waals surface area contributed by atoms with Gasteiger partial charge in [0.05, 0.1) is 30.9 Å². The van der Waals surface area contributed by atoms with Crippen LogP contribution in [0.5, 0.6) is 5.75 Å². The van der Waals surface area contributed by atoms with Gasteiger partial charge in [0.2, 0.25) is 10.0 Å². The average molecular weight is 393 g/mol. The number of hydrogen-bond acceptors (Lipinski definition) is 6. The molecular weight excluding hydrogens is 370 g/mol. The highest BCUT2D eigenvalue weighted by atomic mass is 32.2. The Labute approximate surface area is 158 Å². The molecule has 0 radical (unpaired) electrons. The number of fused-ring (bicyclic) bond motifs is 1. The monoisotopic (exact) mass is 393 g/mol. The molecule has 146 valence electrons. The Balaban J connectivity index is 2.07. The van der Waals surface area contributed by atoms with Crippen molar-refractivity contribution >= 4 is 16.0 Å². The number of rotatable bonds is 6. The van der Waals surface area contributed by atoms with Crippen LogP contribution in [0.2, 0.25) is 0 Å². The van der Waals surface area contributed by atoms with E-state index in [1.54, 1.807) is 25.6 Å². The fourth-order valence-corrected chi connectivity index (χ4v) is 4.18. The first kappa shape index (κ1) is 19.4. The van der Waals surface area contributed by atoms with Crippen molar-refractivity contribution in [2.45, 2.75) is 26.8 Å². The van der Waals surface area contributed by atoms with Crippen LogP contribution >= 0.6 is 0 Å². The molecule has 0 spiro atoms. The Morgan fingerprint density at radius 2 is 1.93 bits per heavy atom. The van der Waals surface area contributed by atoms with Crippen LogP contribution in [0.1, 0.15) is 35.6 Å². The maximum atomic E-state index is 12.4. The Hall–Kier alpha value is -2.39. The molecule has 0 N–H and O–H groups in total. The quantitative estimate of drug-likeness (QED) is 0.695. The molecule has 0 saturated carbocycles. The summed E-state index contributed by atoms with van der Waals surface area (Å²) in [6, 6.07) is 7.31. The molecule has 3 rings (SSSR count). The number of ether oxygens (including phenoxy) is 2. The van der Waals surface area contributed by atoms with Gasteiger partial charge in [-0.25, -0.2) is 17.9 Å². The van der Waals surface area contributed by atoms with E-state index in [1.165, 1.54) is 4.31 Å². The van der Waals surface area contributed by atoms with Gasteiger partial charge < -0.3 is 9.47 Å². The second kappa shape index (κ2) is 7.69. The first-order valence-electron chi connectivity index (χ1n) is 8.81. The van der Waals surface area contributed by atoms with Gasteiger partial charge in [-0.1, -0.05) is 0 Å². The first-order chi connectivity index (χ1) is 12.9. The van der Waals surface area contributed by atoms with Crippen LogP contribution in [0.15, 0.2) is 24.3 Å². The van der Waals surface area contributed by atoms with E-state index < -0.39 is 16.0 Å². The highest BCUT2D eigenvalue weighted by molar-refractivity contribution is 7.89. The minimum absolute atomic E-state index is 0.0175. The number of nitrogens with zero attached hydrogens (tertiary/aromatic N) is 3. The predicted octanol–water partition coefficient (Wildman–Crippen LogP) is 1.77. The fourth-order valence-electron chi connectivity index (χ4n) is 3.11. The van der Waals surface area contributed by atoms with Crippen LogP contribution < -0.4 is 4.74 Å². The fraction of sp³-hybridized carbons (Fsp3) is 0.444. The Kier molecular flexibility index (Phi) is 5.52. The van der Waals surface area contributed by atoms with Crippen LogP contribution in [-0.2, 0) is 27.7 Å². The molecule has 0 saturated heterocycles. The van der Waals surface area contributed by atoms with E-state index in [0.29, 0.717) is 24.3 Å². The molecule has 0 bridgehead atoms. The minimum Gasteiger partial charge on any atom is -0.497 e. The standard InChI is InChI=1S/C18H23N3O5S/c1-4-26-18(22)17-15-12-20(27(23,24)5-2)11-10-16(15)21(19-17)13-6-8-14(25-3)9-7-13/h6-9H,4-5,10-12H2,1-3H3. The molecule has 27 heavy (non-hydrogen) atoms. The highest BCUT2D eigenvalue weighted by Gasteiger charge is 2.33. The zero-order chi connectivity index (χ0) is 19.6. The summed E-state index contributed by atoms with van der Waals surface area (Å²) in [5.41, 5.74) is 2.37. The van der Waals surface area contributed by atoms with Crippen molar-refractivity contribution in [3.63, 3.8) is 0 Å². The van der Waals surface area contributed by atoms with Crippen molar-refractivity contribution < 1.29 is 22.7 Å². The maximum Gasteiger partial charge on any atom is 0.359 e. The lowest BCUT2D eigenvalue weighted by molar-refractivity contribution is 0.0517. The molecule has 9 heteroatoms. The van der Waals surface area contributed by atoms with Gasteiger partial charge in [0.1, 0.15) is 5.75 Å². The molecule has 0 fully saturated rings. The summed E-state index contributed by atoms with van der Waals surface area (Å²) in [6.45, 7) is 4.03. The Bertz CT molecular complexity index is 935. The number of carbonyl (C=O) groups excluding carboxylic acids is 1. The molecule has 2 aromatic rings. The summed E-state index contributed by atoms with van der Waals surface area (Å²) in [7, 11) is -1.77. The topological polar surface area (TPSA) is 90.7 Å². The van der Waals surface area contributed by atoms with Gasteiger partial charge in [-0.2, -0.15) is 9.40 Å². The molecular formula is C18H23N3O5S. The van der Waals surface area contributed by atoms with Crippen molar-refractivity contribution in [3.8, 4) is 11.4 Å². The summed E-state index contributed by atoms with van der Waals surface area (Å²) >= 11 is 0. The summed E-state index contributed by atoms with van der Waals surface area (Å²) in [5.74, 6) is 0.186. The molecule has 1 aromatic carbocycles. The lowest BCUT2D eigenvalue weighted by Crippen LogP contribution is -2.37. The van der Waals surface area contributed by atoms with Gasteiger partial charge in [-0.05, 0) is 38.1 Å². The van der Waals surface area contributed by atoms with E-state index in [4.69, 9.17) is 9.47 Å². The number of hydrogen-bond donors (Lipinski definition) is 0. The molecule has 0 unspecified atom stereocenters. The number of benzene rings is 1. The Morgan fingerprint density at radius 1 is 1.22 bits per heavy atom. The third-order valence-electron chi connectivity index (χ3n) is 4.57. The molecule has 8 nitrogen and oxygen atoms in total. The van der Waals surface area contributed by atoms with Crippen molar-refractivity contribution in [2.75, 3.05) is 26.0 Å². The largest absolute Gasteiger partial charge is 0.497 e. The SMILES string of the molecule is CCOC(=O)c1nn(-c2ccc(OC)cc2)c2c1CN(S(=O)(=O)CC)CC2. The third kappa shape index (κ3) is 3.70. The van der Waals surface area contributed by atoms with Crippen molar-refractivity contribution in [1.82, 2.24) is 14.1 Å². The van der Waals surface area contributed by atoms with Crippen molar-refractivity contribution in [3.05, 3.63) is 41.2 Å². The Morgan fingerprint density at radius 3 is 2.52 bits per heavy atom. The number of sulfonamides is 1. The van der Waals surface area contributed by atoms with E-state index in [1.807, 2.05) is 24.3 Å². The number of carbonyl (C=O) groups is 1. The number of aromatic nitrogens is 2. The summed E-state index contributed by atoms with van der Waals surface area (Å²) in [6.07, 6.45) is 0.465. The van der Waals surface area contributed by atoms with Crippen LogP contribution in [0.3, 0.4) is 0 Å². The molecule has 1 aliphatic heterocycles. The predicted molar refractivity (Wildman–Crippen MR) is 99.6 cm³/mol. The average Bonchev–Trinajstić information content (AvgIpc) is 3.07. The van der Waals surface area contributed by atoms with Gasteiger partial charge in [0.25, 0.3) is 0 Å². The van der Waals surface area contributed by atoms with Gasteiger partial charge in [0.15, 0.2) is 5.69 Å². The van der Waals surface area contributed by atoms with Gasteiger partial charge >= 0.3 is 5.97 Å². The normalized spacial score (nSPS) is 14.6. The van der Waals surface area contributed by atoms with E-state index in [2.05, 4.69) is 5.10 Å². The zero-order valence-corrected chi connectivity index (χ0v) is 16.5. The molecule has 1 aliphatic rings. The van der Waals surface area contributed by atoms with E-state index in [9.17, 15) is 13.2 Å². The summed E-state index contributed by atoms with van der Waals surface area (Å²) in [5, 5.41) is 4.46.